The first-order valence-corrected chi connectivity index (χ1v) is 10.3. The molecule has 0 amide bonds. The van der Waals surface area contributed by atoms with E-state index in [1.165, 1.54) is 11.4 Å². The fourth-order valence-electron chi connectivity index (χ4n) is 3.66. The van der Waals surface area contributed by atoms with E-state index in [0.717, 1.165) is 36.6 Å². The molecule has 1 fully saturated rings. The first-order valence-electron chi connectivity index (χ1n) is 9.24. The first-order chi connectivity index (χ1) is 13.5. The van der Waals surface area contributed by atoms with E-state index in [4.69, 9.17) is 0 Å². The van der Waals surface area contributed by atoms with Crippen LogP contribution in [0.3, 0.4) is 0 Å². The van der Waals surface area contributed by atoms with Crippen molar-refractivity contribution >= 4 is 33.8 Å². The molecule has 2 N–H and O–H groups in total. The van der Waals surface area contributed by atoms with Crippen molar-refractivity contribution in [3.63, 3.8) is 0 Å². The van der Waals surface area contributed by atoms with Crippen LogP contribution >= 0.6 is 0 Å². The van der Waals surface area contributed by atoms with E-state index in [-0.39, 0.29) is 12.1 Å². The number of fused-ring (bicyclic) bond motifs is 1. The van der Waals surface area contributed by atoms with Crippen molar-refractivity contribution < 1.29 is 13.9 Å². The third-order valence-electron chi connectivity index (χ3n) is 5.19. The SMILES string of the molecule is CN(c1cccc2c1ccn2-c1ccnc(NC2CCC(O)CC2)n1)S(=O)[O-]. The van der Waals surface area contributed by atoms with Gasteiger partial charge in [-0.1, -0.05) is 6.07 Å². The van der Waals surface area contributed by atoms with Gasteiger partial charge >= 0.3 is 0 Å². The highest BCUT2D eigenvalue weighted by molar-refractivity contribution is 7.80. The van der Waals surface area contributed by atoms with Crippen LogP contribution in [0.2, 0.25) is 0 Å². The minimum Gasteiger partial charge on any atom is -0.755 e. The molecule has 9 heteroatoms. The van der Waals surface area contributed by atoms with Gasteiger partial charge in [0.1, 0.15) is 5.82 Å². The molecule has 2 aromatic heterocycles. The number of aliphatic hydroxyl groups is 1. The van der Waals surface area contributed by atoms with Gasteiger partial charge in [-0.25, -0.2) is 4.98 Å². The molecule has 4 rings (SSSR count). The Kier molecular flexibility index (Phi) is 5.29. The third-order valence-corrected chi connectivity index (χ3v) is 5.83. The number of hydrogen-bond acceptors (Lipinski definition) is 6. The second kappa shape index (κ2) is 7.86. The van der Waals surface area contributed by atoms with Gasteiger partial charge in [-0.05, 0) is 49.9 Å². The first kappa shape index (κ1) is 18.9. The lowest BCUT2D eigenvalue weighted by Gasteiger charge is -2.26. The highest BCUT2D eigenvalue weighted by Crippen LogP contribution is 2.29. The third kappa shape index (κ3) is 3.73. The van der Waals surface area contributed by atoms with E-state index < -0.39 is 11.3 Å². The van der Waals surface area contributed by atoms with Gasteiger partial charge in [0.25, 0.3) is 0 Å². The molecule has 8 nitrogen and oxygen atoms in total. The monoisotopic (exact) mass is 400 g/mol. The summed E-state index contributed by atoms with van der Waals surface area (Å²) < 4.78 is 25.8. The van der Waals surface area contributed by atoms with E-state index in [1.54, 1.807) is 12.3 Å². The van der Waals surface area contributed by atoms with E-state index in [2.05, 4.69) is 15.3 Å². The van der Waals surface area contributed by atoms with Crippen molar-refractivity contribution in [1.82, 2.24) is 14.5 Å². The second-order valence-electron chi connectivity index (χ2n) is 7.00. The number of nitrogens with zero attached hydrogens (tertiary/aromatic N) is 4. The Morgan fingerprint density at radius 1 is 1.25 bits per heavy atom. The molecule has 0 radical (unpaired) electrons. The summed E-state index contributed by atoms with van der Waals surface area (Å²) in [7, 11) is 1.52. The summed E-state index contributed by atoms with van der Waals surface area (Å²) >= 11 is -2.34. The highest BCUT2D eigenvalue weighted by atomic mass is 32.2. The van der Waals surface area contributed by atoms with Crippen LogP contribution in [-0.2, 0) is 11.3 Å². The Labute approximate surface area is 165 Å². The van der Waals surface area contributed by atoms with Gasteiger partial charge in [0.2, 0.25) is 5.95 Å². The van der Waals surface area contributed by atoms with Crippen LogP contribution in [0.4, 0.5) is 11.6 Å². The molecule has 1 aliphatic rings. The van der Waals surface area contributed by atoms with Crippen LogP contribution in [0, 0.1) is 0 Å². The Morgan fingerprint density at radius 3 is 2.79 bits per heavy atom. The van der Waals surface area contributed by atoms with Crippen LogP contribution in [0.15, 0.2) is 42.7 Å². The number of benzene rings is 1. The van der Waals surface area contributed by atoms with Crippen molar-refractivity contribution in [2.45, 2.75) is 37.8 Å². The summed E-state index contributed by atoms with van der Waals surface area (Å²) in [5, 5.41) is 13.8. The number of hydrogen-bond donors (Lipinski definition) is 2. The molecule has 1 saturated carbocycles. The van der Waals surface area contributed by atoms with Crippen molar-refractivity contribution in [2.24, 2.45) is 0 Å². The van der Waals surface area contributed by atoms with Crippen molar-refractivity contribution in [2.75, 3.05) is 16.7 Å². The molecule has 1 aliphatic carbocycles. The second-order valence-corrected chi connectivity index (χ2v) is 7.98. The molecule has 0 aliphatic heterocycles. The maximum absolute atomic E-state index is 11.3. The summed E-state index contributed by atoms with van der Waals surface area (Å²) in [6.45, 7) is 0. The average molecular weight is 400 g/mol. The molecule has 1 aromatic carbocycles. The molecule has 1 atom stereocenters. The van der Waals surface area contributed by atoms with Crippen molar-refractivity contribution in [1.29, 1.82) is 0 Å². The average Bonchev–Trinajstić information content (AvgIpc) is 3.13. The molecular weight excluding hydrogens is 378 g/mol. The number of nitrogens with one attached hydrogen (secondary N) is 1. The molecule has 148 valence electrons. The Morgan fingerprint density at radius 2 is 2.04 bits per heavy atom. The fraction of sp³-hybridized carbons (Fsp3) is 0.368. The predicted octanol–water partition coefficient (Wildman–Crippen LogP) is 2.37. The zero-order valence-corrected chi connectivity index (χ0v) is 16.3. The molecule has 1 unspecified atom stereocenters. The van der Waals surface area contributed by atoms with Crippen LogP contribution in [-0.4, -0.2) is 47.6 Å². The minimum absolute atomic E-state index is 0.202. The lowest BCUT2D eigenvalue weighted by Crippen LogP contribution is -2.29. The minimum atomic E-state index is -2.34. The summed E-state index contributed by atoms with van der Waals surface area (Å²) in [5.74, 6) is 1.25. The standard InChI is InChI=1S/C19H23N5O3S/c1-23(28(26)27)16-3-2-4-17-15(16)10-12-24(17)18-9-11-20-19(22-18)21-13-5-7-14(25)8-6-13/h2-4,9-14,25H,5-8H2,1H3,(H,26,27)(H,20,21,22)/p-1. The van der Waals surface area contributed by atoms with Crippen LogP contribution in [0.5, 0.6) is 0 Å². The van der Waals surface area contributed by atoms with Crippen molar-refractivity contribution in [3.8, 4) is 5.82 Å². The molecular formula is C19H22N5O3S-. The smallest absolute Gasteiger partial charge is 0.224 e. The fourth-order valence-corrected chi connectivity index (χ4v) is 3.98. The van der Waals surface area contributed by atoms with Gasteiger partial charge in [0, 0.05) is 42.1 Å². The predicted molar refractivity (Wildman–Crippen MR) is 108 cm³/mol. The molecule has 28 heavy (non-hydrogen) atoms. The maximum atomic E-state index is 11.3. The van der Waals surface area contributed by atoms with E-state index >= 15 is 0 Å². The number of aromatic nitrogens is 3. The van der Waals surface area contributed by atoms with Gasteiger partial charge < -0.3 is 23.8 Å². The zero-order chi connectivity index (χ0) is 19.7. The molecule has 2 heterocycles. The van der Waals surface area contributed by atoms with Crippen LogP contribution in [0.1, 0.15) is 25.7 Å². The Bertz CT molecular complexity index is 1000. The molecule has 0 bridgehead atoms. The summed E-state index contributed by atoms with van der Waals surface area (Å²) in [6, 6.07) is 9.48. The van der Waals surface area contributed by atoms with Crippen LogP contribution in [0.25, 0.3) is 16.7 Å². The van der Waals surface area contributed by atoms with E-state index in [9.17, 15) is 13.9 Å². The zero-order valence-electron chi connectivity index (χ0n) is 15.5. The quantitative estimate of drug-likeness (QED) is 0.637. The maximum Gasteiger partial charge on any atom is 0.224 e. The van der Waals surface area contributed by atoms with Gasteiger partial charge in [-0.3, -0.25) is 4.21 Å². The van der Waals surface area contributed by atoms with Gasteiger partial charge in [-0.2, -0.15) is 4.98 Å². The summed E-state index contributed by atoms with van der Waals surface area (Å²) in [4.78, 5) is 8.95. The summed E-state index contributed by atoms with van der Waals surface area (Å²) in [6.07, 6.45) is 6.74. The largest absolute Gasteiger partial charge is 0.755 e. The van der Waals surface area contributed by atoms with Crippen molar-refractivity contribution in [3.05, 3.63) is 42.7 Å². The molecule has 0 saturated heterocycles. The lowest BCUT2D eigenvalue weighted by molar-refractivity contribution is 0.126. The van der Waals surface area contributed by atoms with Gasteiger partial charge in [0.15, 0.2) is 0 Å². The highest BCUT2D eigenvalue weighted by Gasteiger charge is 2.20. The normalized spacial score (nSPS) is 20.8. The van der Waals surface area contributed by atoms with E-state index in [1.807, 2.05) is 35.0 Å². The molecule has 3 aromatic rings. The van der Waals surface area contributed by atoms with E-state index in [0.29, 0.717) is 17.5 Å². The Hall–Kier alpha value is -2.49. The summed E-state index contributed by atoms with van der Waals surface area (Å²) in [5.41, 5.74) is 1.47. The van der Waals surface area contributed by atoms with Gasteiger partial charge in [-0.15, -0.1) is 0 Å². The number of anilines is 2. The lowest BCUT2D eigenvalue weighted by atomic mass is 9.93. The topological polar surface area (TPSA) is 106 Å². The number of aliphatic hydroxyl groups excluding tert-OH is 1. The molecule has 0 spiro atoms. The number of rotatable bonds is 5. The Balaban J connectivity index is 1.63. The van der Waals surface area contributed by atoms with Crippen LogP contribution < -0.4 is 9.62 Å². The van der Waals surface area contributed by atoms with Gasteiger partial charge in [0.05, 0.1) is 17.3 Å².